The first-order chi connectivity index (χ1) is 6.59. The zero-order chi connectivity index (χ0) is 10.6. The number of hydrogen-bond acceptors (Lipinski definition) is 2. The van der Waals surface area contributed by atoms with Gasteiger partial charge in [0.05, 0.1) is 0 Å². The molecule has 14 heavy (non-hydrogen) atoms. The molecule has 76 valence electrons. The minimum atomic E-state index is -2.01. The second kappa shape index (κ2) is 4.81. The summed E-state index contributed by atoms with van der Waals surface area (Å²) in [5, 5.41) is 8.76. The number of alkyl halides is 1. The first kappa shape index (κ1) is 10.8. The van der Waals surface area contributed by atoms with Gasteiger partial charge in [-0.3, -0.25) is 0 Å². The highest BCUT2D eigenvalue weighted by molar-refractivity contribution is 6.30. The van der Waals surface area contributed by atoms with Crippen molar-refractivity contribution >= 4 is 17.6 Å². The quantitative estimate of drug-likeness (QED) is 0.842. The van der Waals surface area contributed by atoms with Crippen LogP contribution in [0.25, 0.3) is 0 Å². The molecule has 0 aliphatic heterocycles. The SMILES string of the molecule is O=C(O)C(F)COc1ccc(Cl)cc1. The largest absolute Gasteiger partial charge is 0.490 e. The third-order valence-corrected chi connectivity index (χ3v) is 1.73. The average Bonchev–Trinajstić information content (AvgIpc) is 2.16. The Kier molecular flexibility index (Phi) is 3.71. The second-order valence-electron chi connectivity index (χ2n) is 2.57. The molecule has 1 atom stereocenters. The molecule has 0 aliphatic rings. The van der Waals surface area contributed by atoms with E-state index in [4.69, 9.17) is 21.4 Å². The number of carboxylic acid groups (broad SMARTS) is 1. The lowest BCUT2D eigenvalue weighted by Crippen LogP contribution is -2.22. The van der Waals surface area contributed by atoms with E-state index in [2.05, 4.69) is 0 Å². The molecule has 0 amide bonds. The Morgan fingerprint density at radius 1 is 1.50 bits per heavy atom. The van der Waals surface area contributed by atoms with Crippen molar-refractivity contribution in [1.29, 1.82) is 0 Å². The average molecular weight is 219 g/mol. The Morgan fingerprint density at radius 2 is 2.07 bits per heavy atom. The Hall–Kier alpha value is -1.29. The lowest BCUT2D eigenvalue weighted by Gasteiger charge is -2.06. The van der Waals surface area contributed by atoms with E-state index in [1.54, 1.807) is 12.1 Å². The van der Waals surface area contributed by atoms with E-state index in [0.29, 0.717) is 10.8 Å². The van der Waals surface area contributed by atoms with Crippen LogP contribution in [0.2, 0.25) is 5.02 Å². The molecule has 1 rings (SSSR count). The third-order valence-electron chi connectivity index (χ3n) is 1.48. The summed E-state index contributed by atoms with van der Waals surface area (Å²) in [7, 11) is 0. The number of ether oxygens (including phenoxy) is 1. The standard InChI is InChI=1S/C9H8ClFO3/c10-6-1-3-7(4-2-6)14-5-8(11)9(12)13/h1-4,8H,5H2,(H,12,13). The predicted molar refractivity (Wildman–Crippen MR) is 49.5 cm³/mol. The molecule has 0 heterocycles. The molecular formula is C9H8ClFO3. The monoisotopic (exact) mass is 218 g/mol. The van der Waals surface area contributed by atoms with Gasteiger partial charge in [-0.25, -0.2) is 9.18 Å². The number of rotatable bonds is 4. The van der Waals surface area contributed by atoms with Crippen LogP contribution in [0.5, 0.6) is 5.75 Å². The van der Waals surface area contributed by atoms with Gasteiger partial charge < -0.3 is 9.84 Å². The number of carbonyl (C=O) groups is 1. The zero-order valence-corrected chi connectivity index (χ0v) is 7.87. The lowest BCUT2D eigenvalue weighted by atomic mass is 10.3. The van der Waals surface area contributed by atoms with Crippen LogP contribution in [0.1, 0.15) is 0 Å². The van der Waals surface area contributed by atoms with Gasteiger partial charge in [-0.05, 0) is 24.3 Å². The summed E-state index contributed by atoms with van der Waals surface area (Å²) in [6.45, 7) is -0.503. The van der Waals surface area contributed by atoms with Crippen molar-refractivity contribution in [3.8, 4) is 5.75 Å². The molecule has 3 nitrogen and oxygen atoms in total. The van der Waals surface area contributed by atoms with Crippen LogP contribution in [0.3, 0.4) is 0 Å². The lowest BCUT2D eigenvalue weighted by molar-refractivity contribution is -0.143. The highest BCUT2D eigenvalue weighted by Crippen LogP contribution is 2.15. The fraction of sp³-hybridized carbons (Fsp3) is 0.222. The summed E-state index contributed by atoms with van der Waals surface area (Å²) in [5.74, 6) is -1.14. The smallest absolute Gasteiger partial charge is 0.341 e. The van der Waals surface area contributed by atoms with E-state index in [0.717, 1.165) is 0 Å². The van der Waals surface area contributed by atoms with Gasteiger partial charge in [-0.1, -0.05) is 11.6 Å². The second-order valence-corrected chi connectivity index (χ2v) is 3.01. The number of aliphatic carboxylic acids is 1. The van der Waals surface area contributed by atoms with Gasteiger partial charge in [0.15, 0.2) is 0 Å². The van der Waals surface area contributed by atoms with Gasteiger partial charge in [0.1, 0.15) is 12.4 Å². The maximum atomic E-state index is 12.5. The third kappa shape index (κ3) is 3.22. The van der Waals surface area contributed by atoms with Crippen molar-refractivity contribution in [2.45, 2.75) is 6.17 Å². The fourth-order valence-electron chi connectivity index (χ4n) is 0.771. The molecule has 1 aromatic rings. The summed E-state index contributed by atoms with van der Waals surface area (Å²) in [6, 6.07) is 6.23. The summed E-state index contributed by atoms with van der Waals surface area (Å²) < 4.78 is 17.4. The molecule has 1 unspecified atom stereocenters. The molecule has 0 aromatic heterocycles. The van der Waals surface area contributed by atoms with Crippen LogP contribution in [0.15, 0.2) is 24.3 Å². The van der Waals surface area contributed by atoms with E-state index in [1.807, 2.05) is 0 Å². The topological polar surface area (TPSA) is 46.5 Å². The summed E-state index contributed by atoms with van der Waals surface area (Å²) in [5.41, 5.74) is 0. The molecule has 0 saturated heterocycles. The van der Waals surface area contributed by atoms with Crippen molar-refractivity contribution in [3.63, 3.8) is 0 Å². The highest BCUT2D eigenvalue weighted by Gasteiger charge is 2.15. The predicted octanol–water partition coefficient (Wildman–Crippen LogP) is 2.14. The summed E-state index contributed by atoms with van der Waals surface area (Å²) in [6.07, 6.45) is -2.01. The minimum absolute atomic E-state index is 0.387. The van der Waals surface area contributed by atoms with Crippen LogP contribution >= 0.6 is 11.6 Å². The molecule has 0 radical (unpaired) electrons. The van der Waals surface area contributed by atoms with Gasteiger partial charge in [0, 0.05) is 5.02 Å². The molecule has 0 fully saturated rings. The first-order valence-electron chi connectivity index (χ1n) is 3.85. The van der Waals surface area contributed by atoms with E-state index in [9.17, 15) is 9.18 Å². The zero-order valence-electron chi connectivity index (χ0n) is 7.11. The first-order valence-corrected chi connectivity index (χ1v) is 4.22. The highest BCUT2D eigenvalue weighted by atomic mass is 35.5. The molecule has 0 bridgehead atoms. The van der Waals surface area contributed by atoms with E-state index in [1.165, 1.54) is 12.1 Å². The van der Waals surface area contributed by atoms with Crippen LogP contribution in [-0.4, -0.2) is 23.9 Å². The molecule has 5 heteroatoms. The molecule has 1 aromatic carbocycles. The molecular weight excluding hydrogens is 211 g/mol. The Labute approximate surface area is 85.1 Å². The normalized spacial score (nSPS) is 12.1. The number of carboxylic acids is 1. The molecule has 0 aliphatic carbocycles. The fourth-order valence-corrected chi connectivity index (χ4v) is 0.897. The Bertz CT molecular complexity index is 312. The van der Waals surface area contributed by atoms with Crippen LogP contribution < -0.4 is 4.74 Å². The van der Waals surface area contributed by atoms with Gasteiger partial charge in [-0.15, -0.1) is 0 Å². The van der Waals surface area contributed by atoms with Crippen LogP contribution in [0.4, 0.5) is 4.39 Å². The minimum Gasteiger partial charge on any atom is -0.490 e. The van der Waals surface area contributed by atoms with Crippen molar-refractivity contribution in [2.75, 3.05) is 6.61 Å². The maximum absolute atomic E-state index is 12.5. The number of halogens is 2. The summed E-state index contributed by atoms with van der Waals surface area (Å²) in [4.78, 5) is 10.1. The van der Waals surface area contributed by atoms with Crippen molar-refractivity contribution in [2.24, 2.45) is 0 Å². The molecule has 1 N–H and O–H groups in total. The van der Waals surface area contributed by atoms with Gasteiger partial charge in [0.25, 0.3) is 0 Å². The van der Waals surface area contributed by atoms with Crippen LogP contribution in [-0.2, 0) is 4.79 Å². The molecule has 0 spiro atoms. The van der Waals surface area contributed by atoms with Gasteiger partial charge >= 0.3 is 5.97 Å². The van der Waals surface area contributed by atoms with Crippen molar-refractivity contribution in [1.82, 2.24) is 0 Å². The number of hydrogen-bond donors (Lipinski definition) is 1. The van der Waals surface area contributed by atoms with E-state index >= 15 is 0 Å². The van der Waals surface area contributed by atoms with E-state index in [-0.39, 0.29) is 0 Å². The van der Waals surface area contributed by atoms with Crippen LogP contribution in [0, 0.1) is 0 Å². The van der Waals surface area contributed by atoms with E-state index < -0.39 is 18.7 Å². The van der Waals surface area contributed by atoms with Gasteiger partial charge in [-0.2, -0.15) is 0 Å². The Balaban J connectivity index is 2.46. The van der Waals surface area contributed by atoms with Gasteiger partial charge in [0.2, 0.25) is 6.17 Å². The van der Waals surface area contributed by atoms with Crippen molar-refractivity contribution < 1.29 is 19.0 Å². The number of benzene rings is 1. The molecule has 0 saturated carbocycles. The van der Waals surface area contributed by atoms with Crippen molar-refractivity contribution in [3.05, 3.63) is 29.3 Å². The Morgan fingerprint density at radius 3 is 2.57 bits per heavy atom. The summed E-state index contributed by atoms with van der Waals surface area (Å²) >= 11 is 5.60. The maximum Gasteiger partial charge on any atom is 0.341 e.